The summed E-state index contributed by atoms with van der Waals surface area (Å²) in [7, 11) is 0. The number of hydrogen-bond donors (Lipinski definition) is 0. The Hall–Kier alpha value is -6.52. The van der Waals surface area contributed by atoms with Crippen LogP contribution in [0.2, 0.25) is 0 Å². The maximum Gasteiger partial charge on any atom is 0.160 e. The monoisotopic (exact) mass is 624 g/mol. The van der Waals surface area contributed by atoms with Gasteiger partial charge in [-0.3, -0.25) is 9.97 Å². The van der Waals surface area contributed by atoms with E-state index in [0.717, 1.165) is 28.1 Å². The second-order valence-corrected chi connectivity index (χ2v) is 12.6. The molecule has 0 unspecified atom stereocenters. The van der Waals surface area contributed by atoms with Crippen molar-refractivity contribution in [1.82, 2.24) is 19.9 Å². The van der Waals surface area contributed by atoms with Gasteiger partial charge in [0.1, 0.15) is 0 Å². The van der Waals surface area contributed by atoms with Crippen molar-refractivity contribution in [3.63, 3.8) is 0 Å². The summed E-state index contributed by atoms with van der Waals surface area (Å²) >= 11 is 0. The lowest BCUT2D eigenvalue weighted by Crippen LogP contribution is -2.29. The fourth-order valence-corrected chi connectivity index (χ4v) is 8.10. The molecule has 5 aromatic carbocycles. The van der Waals surface area contributed by atoms with Crippen LogP contribution in [0.3, 0.4) is 0 Å². The molecule has 0 radical (unpaired) electrons. The summed E-state index contributed by atoms with van der Waals surface area (Å²) in [4.78, 5) is 18.7. The molecule has 4 nitrogen and oxygen atoms in total. The minimum absolute atomic E-state index is 0.553. The molecule has 0 saturated heterocycles. The van der Waals surface area contributed by atoms with E-state index in [4.69, 9.17) is 9.97 Å². The van der Waals surface area contributed by atoms with Gasteiger partial charge in [0.25, 0.3) is 0 Å². The molecule has 8 aromatic rings. The molecule has 49 heavy (non-hydrogen) atoms. The molecule has 0 aliphatic heterocycles. The van der Waals surface area contributed by atoms with Crippen molar-refractivity contribution in [1.29, 1.82) is 0 Å². The summed E-state index contributed by atoms with van der Waals surface area (Å²) < 4.78 is 0. The van der Waals surface area contributed by atoms with E-state index < -0.39 is 5.41 Å². The number of benzene rings is 5. The second kappa shape index (κ2) is 10.8. The minimum Gasteiger partial charge on any atom is -0.265 e. The number of pyridine rings is 2. The maximum absolute atomic E-state index is 5.21. The van der Waals surface area contributed by atoms with Crippen molar-refractivity contribution in [2.45, 2.75) is 5.41 Å². The average Bonchev–Trinajstić information content (AvgIpc) is 3.43. The average molecular weight is 625 g/mol. The first-order valence-electron chi connectivity index (χ1n) is 16.5. The second-order valence-electron chi connectivity index (χ2n) is 12.6. The molecule has 228 valence electrons. The summed E-state index contributed by atoms with van der Waals surface area (Å²) in [5, 5.41) is 0. The van der Waals surface area contributed by atoms with Crippen LogP contribution in [0.4, 0.5) is 0 Å². The normalized spacial score (nSPS) is 13.1. The minimum atomic E-state index is -0.553. The van der Waals surface area contributed by atoms with E-state index >= 15 is 0 Å². The van der Waals surface area contributed by atoms with E-state index in [0.29, 0.717) is 5.82 Å². The molecular formula is C45H28N4. The number of fused-ring (bicyclic) bond motifs is 12. The molecule has 10 rings (SSSR count). The SMILES string of the molecule is c1ccc2c(c1)-c1ccccc1C1(c3cc(-c4cc(-c5ccncc5)nc(-c5ccncc5)n4)ccc3-2)c2ccccc2-c2ccccc21. The number of nitrogens with zero attached hydrogens (tertiary/aromatic N) is 4. The maximum atomic E-state index is 5.21. The number of rotatable bonds is 3. The van der Waals surface area contributed by atoms with Gasteiger partial charge in [-0.2, -0.15) is 0 Å². The zero-order chi connectivity index (χ0) is 32.4. The Kier molecular flexibility index (Phi) is 6.06. The Labute approximate surface area is 284 Å². The van der Waals surface area contributed by atoms with Gasteiger partial charge in [-0.15, -0.1) is 0 Å². The number of aromatic nitrogens is 4. The number of hydrogen-bond acceptors (Lipinski definition) is 4. The first-order valence-corrected chi connectivity index (χ1v) is 16.5. The van der Waals surface area contributed by atoms with Gasteiger partial charge in [0, 0.05) is 41.5 Å². The molecule has 3 heterocycles. The van der Waals surface area contributed by atoms with Crippen molar-refractivity contribution in [2.75, 3.05) is 0 Å². The van der Waals surface area contributed by atoms with E-state index in [2.05, 4.69) is 131 Å². The molecular weight excluding hydrogens is 597 g/mol. The lowest BCUT2D eigenvalue weighted by Gasteiger charge is -2.35. The standard InChI is InChI=1S/C45H28N4/c1-2-10-33-32(9-1)34-11-3-6-14-38(34)45(39-15-7-4-12-35(39)36-13-5-8-16-40(36)45)41-27-31(17-18-37(33)41)43-28-42(29-19-23-46-24-20-29)48-44(49-43)30-21-25-47-26-22-30/h1-28H. The third-order valence-electron chi connectivity index (χ3n) is 10.2. The van der Waals surface area contributed by atoms with Crippen LogP contribution in [-0.2, 0) is 5.41 Å². The molecule has 0 fully saturated rings. The van der Waals surface area contributed by atoms with Crippen LogP contribution >= 0.6 is 0 Å². The van der Waals surface area contributed by atoms with E-state index in [1.807, 2.05) is 24.3 Å². The molecule has 3 aromatic heterocycles. The third kappa shape index (κ3) is 4.04. The van der Waals surface area contributed by atoms with Crippen LogP contribution in [-0.4, -0.2) is 19.9 Å². The lowest BCUT2D eigenvalue weighted by molar-refractivity contribution is 0.775. The van der Waals surface area contributed by atoms with Gasteiger partial charge in [0.2, 0.25) is 0 Å². The predicted octanol–water partition coefficient (Wildman–Crippen LogP) is 10.3. The highest BCUT2D eigenvalue weighted by molar-refractivity contribution is 5.97. The van der Waals surface area contributed by atoms with E-state index in [1.54, 1.807) is 24.8 Å². The molecule has 2 aliphatic carbocycles. The Morgan fingerprint density at radius 3 is 1.31 bits per heavy atom. The van der Waals surface area contributed by atoms with Crippen molar-refractivity contribution in [3.8, 4) is 67.3 Å². The largest absolute Gasteiger partial charge is 0.265 e. The molecule has 1 spiro atoms. The predicted molar refractivity (Wildman–Crippen MR) is 196 cm³/mol. The van der Waals surface area contributed by atoms with Gasteiger partial charge in [0.05, 0.1) is 16.8 Å². The zero-order valence-corrected chi connectivity index (χ0v) is 26.5. The van der Waals surface area contributed by atoms with Gasteiger partial charge in [-0.1, -0.05) is 109 Å². The highest BCUT2D eigenvalue weighted by Gasteiger charge is 2.49. The topological polar surface area (TPSA) is 51.6 Å². The van der Waals surface area contributed by atoms with Crippen LogP contribution in [0.5, 0.6) is 0 Å². The van der Waals surface area contributed by atoms with Crippen molar-refractivity contribution in [2.24, 2.45) is 0 Å². The Bertz CT molecular complexity index is 2450. The summed E-state index contributed by atoms with van der Waals surface area (Å²) in [6.45, 7) is 0. The van der Waals surface area contributed by atoms with Gasteiger partial charge >= 0.3 is 0 Å². The highest BCUT2D eigenvalue weighted by atomic mass is 14.9. The Morgan fingerprint density at radius 2 is 0.755 bits per heavy atom. The van der Waals surface area contributed by atoms with Crippen LogP contribution in [0.25, 0.3) is 67.3 Å². The van der Waals surface area contributed by atoms with Crippen LogP contribution < -0.4 is 0 Å². The van der Waals surface area contributed by atoms with Crippen molar-refractivity contribution < 1.29 is 0 Å². The van der Waals surface area contributed by atoms with Crippen LogP contribution in [0.15, 0.2) is 170 Å². The van der Waals surface area contributed by atoms with E-state index in [-0.39, 0.29) is 0 Å². The highest BCUT2D eigenvalue weighted by Crippen LogP contribution is 2.61. The van der Waals surface area contributed by atoms with E-state index in [1.165, 1.54) is 55.6 Å². The molecule has 4 heteroatoms. The Morgan fingerprint density at radius 1 is 0.327 bits per heavy atom. The van der Waals surface area contributed by atoms with Gasteiger partial charge in [-0.25, -0.2) is 9.97 Å². The first-order chi connectivity index (χ1) is 24.3. The Balaban J connectivity index is 1.32. The molecule has 0 amide bonds. The molecule has 0 saturated carbocycles. The van der Waals surface area contributed by atoms with Gasteiger partial charge in [-0.05, 0) is 92.0 Å². The smallest absolute Gasteiger partial charge is 0.160 e. The lowest BCUT2D eigenvalue weighted by atomic mass is 9.65. The third-order valence-corrected chi connectivity index (χ3v) is 10.2. The zero-order valence-electron chi connectivity index (χ0n) is 26.5. The van der Waals surface area contributed by atoms with Crippen molar-refractivity contribution in [3.05, 3.63) is 193 Å². The fourth-order valence-electron chi connectivity index (χ4n) is 8.10. The van der Waals surface area contributed by atoms with Crippen LogP contribution in [0.1, 0.15) is 22.3 Å². The van der Waals surface area contributed by atoms with Crippen molar-refractivity contribution >= 4 is 0 Å². The summed E-state index contributed by atoms with van der Waals surface area (Å²) in [5.74, 6) is 0.656. The first kappa shape index (κ1) is 27.6. The van der Waals surface area contributed by atoms with Gasteiger partial charge in [0.15, 0.2) is 5.82 Å². The van der Waals surface area contributed by atoms with Gasteiger partial charge < -0.3 is 0 Å². The summed E-state index contributed by atoms with van der Waals surface area (Å²) in [6, 6.07) is 52.6. The summed E-state index contributed by atoms with van der Waals surface area (Å²) in [5.41, 5.74) is 16.7. The van der Waals surface area contributed by atoms with Crippen LogP contribution in [0, 0.1) is 0 Å². The quantitative estimate of drug-likeness (QED) is 0.196. The molecule has 0 bridgehead atoms. The molecule has 2 aliphatic rings. The fraction of sp³-hybridized carbons (Fsp3) is 0.0222. The van der Waals surface area contributed by atoms with E-state index in [9.17, 15) is 0 Å². The summed E-state index contributed by atoms with van der Waals surface area (Å²) in [6.07, 6.45) is 7.18. The molecule has 0 N–H and O–H groups in total. The molecule has 0 atom stereocenters.